The maximum atomic E-state index is 12.9. The largest absolute Gasteiger partial charge is 0.490 e. The average Bonchev–Trinajstić information content (AvgIpc) is 3.42. The first-order chi connectivity index (χ1) is 18.1. The standard InChI is InChI=1S/C19H30N2O3S.2C2HF3O2/c1-3-24-18(22)19-6-4-7-20(11-16-5-10-25-14-16)12-17(19)13-21(15-19)8-9-23-2;2*3-2(4,5)1(6)7/h5,10,14,17H,3-4,6-9,11-13,15H2,1-2H3;2*(H,6,7)/t17-,19-;;/m0../s1. The van der Waals surface area contributed by atoms with Crippen LogP contribution in [0.2, 0.25) is 0 Å². The van der Waals surface area contributed by atoms with Crippen LogP contribution in [0.15, 0.2) is 16.8 Å². The van der Waals surface area contributed by atoms with Crippen LogP contribution in [-0.4, -0.2) is 103 Å². The van der Waals surface area contributed by atoms with Gasteiger partial charge in [0.25, 0.3) is 0 Å². The van der Waals surface area contributed by atoms with Gasteiger partial charge in [-0.1, -0.05) is 0 Å². The summed E-state index contributed by atoms with van der Waals surface area (Å²) in [5.74, 6) is -5.16. The predicted molar refractivity (Wildman–Crippen MR) is 127 cm³/mol. The number of carbonyl (C=O) groups is 3. The van der Waals surface area contributed by atoms with Gasteiger partial charge in [-0.05, 0) is 48.7 Å². The summed E-state index contributed by atoms with van der Waals surface area (Å²) in [5, 5.41) is 18.6. The Hall–Kier alpha value is -2.43. The summed E-state index contributed by atoms with van der Waals surface area (Å²) in [6.45, 7) is 8.75. The number of fused-ring (bicyclic) bond motifs is 1. The molecule has 3 heterocycles. The van der Waals surface area contributed by atoms with Crippen molar-refractivity contribution in [2.45, 2.75) is 38.7 Å². The number of thiophene rings is 1. The number of carbonyl (C=O) groups excluding carboxylic acids is 1. The van der Waals surface area contributed by atoms with Crippen molar-refractivity contribution in [1.29, 1.82) is 0 Å². The van der Waals surface area contributed by atoms with E-state index in [2.05, 4.69) is 26.6 Å². The molecule has 2 atom stereocenters. The van der Waals surface area contributed by atoms with Crippen LogP contribution < -0.4 is 0 Å². The molecular weight excluding hydrogens is 562 g/mol. The summed E-state index contributed by atoms with van der Waals surface area (Å²) >= 11 is 1.75. The smallest absolute Gasteiger partial charge is 0.475 e. The van der Waals surface area contributed by atoms with E-state index in [9.17, 15) is 31.1 Å². The van der Waals surface area contributed by atoms with E-state index < -0.39 is 24.3 Å². The van der Waals surface area contributed by atoms with Crippen LogP contribution >= 0.6 is 11.3 Å². The highest BCUT2D eigenvalue weighted by molar-refractivity contribution is 7.07. The molecule has 0 bridgehead atoms. The van der Waals surface area contributed by atoms with Crippen molar-refractivity contribution < 1.29 is 60.4 Å². The molecule has 2 N–H and O–H groups in total. The van der Waals surface area contributed by atoms with E-state index >= 15 is 0 Å². The fourth-order valence-electron chi connectivity index (χ4n) is 4.40. The molecule has 2 saturated heterocycles. The lowest BCUT2D eigenvalue weighted by atomic mass is 9.75. The Bertz CT molecular complexity index is 890. The zero-order chi connectivity index (χ0) is 29.9. The number of nitrogens with zero attached hydrogens (tertiary/aromatic N) is 2. The van der Waals surface area contributed by atoms with Gasteiger partial charge in [0, 0.05) is 45.8 Å². The van der Waals surface area contributed by atoms with Crippen LogP contribution in [0.1, 0.15) is 25.3 Å². The Balaban J connectivity index is 0.000000449. The topological polar surface area (TPSA) is 117 Å². The van der Waals surface area contributed by atoms with E-state index in [1.165, 1.54) is 5.56 Å². The van der Waals surface area contributed by atoms with Crippen molar-refractivity contribution >= 4 is 29.2 Å². The van der Waals surface area contributed by atoms with Crippen LogP contribution in [0.5, 0.6) is 0 Å². The Morgan fingerprint density at radius 1 is 1.08 bits per heavy atom. The van der Waals surface area contributed by atoms with Gasteiger partial charge in [0.1, 0.15) is 0 Å². The molecule has 0 radical (unpaired) electrons. The molecule has 2 fully saturated rings. The Labute approximate surface area is 225 Å². The quantitative estimate of drug-likeness (QED) is 0.360. The van der Waals surface area contributed by atoms with E-state index in [0.29, 0.717) is 19.1 Å². The minimum Gasteiger partial charge on any atom is -0.475 e. The van der Waals surface area contributed by atoms with Crippen molar-refractivity contribution in [2.75, 3.05) is 53.0 Å². The Morgan fingerprint density at radius 2 is 1.64 bits per heavy atom. The first kappa shape index (κ1) is 34.6. The maximum absolute atomic E-state index is 12.9. The number of ether oxygens (including phenoxy) is 2. The van der Waals surface area contributed by atoms with Gasteiger partial charge in [0.2, 0.25) is 0 Å². The van der Waals surface area contributed by atoms with Gasteiger partial charge in [-0.3, -0.25) is 14.6 Å². The third-order valence-electron chi connectivity index (χ3n) is 6.11. The summed E-state index contributed by atoms with van der Waals surface area (Å²) in [5.41, 5.74) is 1.04. The molecule has 224 valence electrons. The molecule has 1 aromatic heterocycles. The van der Waals surface area contributed by atoms with Gasteiger partial charge < -0.3 is 19.7 Å². The van der Waals surface area contributed by atoms with E-state index in [-0.39, 0.29) is 11.4 Å². The molecule has 9 nitrogen and oxygen atoms in total. The van der Waals surface area contributed by atoms with Gasteiger partial charge in [-0.2, -0.15) is 37.7 Å². The number of esters is 1. The van der Waals surface area contributed by atoms with Gasteiger partial charge >= 0.3 is 30.3 Å². The molecule has 0 saturated carbocycles. The highest BCUT2D eigenvalue weighted by Gasteiger charge is 2.53. The molecule has 0 aromatic carbocycles. The van der Waals surface area contributed by atoms with E-state index in [0.717, 1.165) is 52.1 Å². The summed E-state index contributed by atoms with van der Waals surface area (Å²) < 4.78 is 74.2. The number of hydrogen-bond donors (Lipinski definition) is 2. The molecule has 0 spiro atoms. The number of aliphatic carboxylic acids is 2. The number of carboxylic acid groups (broad SMARTS) is 2. The predicted octanol–water partition coefficient (Wildman–Crippen LogP) is 3.74. The lowest BCUT2D eigenvalue weighted by Crippen LogP contribution is -2.42. The van der Waals surface area contributed by atoms with E-state index in [1.807, 2.05) is 6.92 Å². The maximum Gasteiger partial charge on any atom is 0.490 e. The number of rotatable bonds is 7. The number of likely N-dealkylation sites (tertiary alicyclic amines) is 2. The van der Waals surface area contributed by atoms with Crippen molar-refractivity contribution in [1.82, 2.24) is 9.80 Å². The minimum absolute atomic E-state index is 0.0114. The first-order valence-corrected chi connectivity index (χ1v) is 12.7. The molecular formula is C23H32F6N2O7S. The number of carboxylic acids is 2. The van der Waals surface area contributed by atoms with Crippen LogP contribution in [0, 0.1) is 11.3 Å². The third kappa shape index (κ3) is 11.3. The van der Waals surface area contributed by atoms with E-state index in [4.69, 9.17) is 29.3 Å². The van der Waals surface area contributed by atoms with Crippen LogP contribution in [0.4, 0.5) is 26.3 Å². The zero-order valence-corrected chi connectivity index (χ0v) is 22.2. The third-order valence-corrected chi connectivity index (χ3v) is 6.84. The summed E-state index contributed by atoms with van der Waals surface area (Å²) in [7, 11) is 1.73. The first-order valence-electron chi connectivity index (χ1n) is 11.8. The van der Waals surface area contributed by atoms with Gasteiger partial charge in [0.05, 0.1) is 18.6 Å². The Morgan fingerprint density at radius 3 is 2.10 bits per heavy atom. The highest BCUT2D eigenvalue weighted by atomic mass is 32.1. The molecule has 39 heavy (non-hydrogen) atoms. The fourth-order valence-corrected chi connectivity index (χ4v) is 5.06. The number of hydrogen-bond acceptors (Lipinski definition) is 8. The van der Waals surface area contributed by atoms with Crippen molar-refractivity contribution in [2.24, 2.45) is 11.3 Å². The van der Waals surface area contributed by atoms with E-state index in [1.54, 1.807) is 18.4 Å². The average molecular weight is 595 g/mol. The molecule has 0 aliphatic carbocycles. The minimum atomic E-state index is -5.08. The summed E-state index contributed by atoms with van der Waals surface area (Å²) in [6.07, 6.45) is -8.18. The van der Waals surface area contributed by atoms with Gasteiger partial charge in [-0.15, -0.1) is 0 Å². The van der Waals surface area contributed by atoms with Crippen molar-refractivity contribution in [3.05, 3.63) is 22.4 Å². The normalized spacial score (nSPS) is 21.9. The number of halogens is 6. The van der Waals surface area contributed by atoms with Gasteiger partial charge in [0.15, 0.2) is 0 Å². The van der Waals surface area contributed by atoms with Crippen LogP contribution in [-0.2, 0) is 30.4 Å². The summed E-state index contributed by atoms with van der Waals surface area (Å²) in [6, 6.07) is 2.20. The SMILES string of the molecule is CCOC(=O)[C@]12CCCN(Cc3ccsc3)C[C@H]1CN(CCOC)C2.O=C(O)C(F)(F)F.O=C(O)C(F)(F)F. The Kier molecular flexibility index (Phi) is 13.6. The van der Waals surface area contributed by atoms with Crippen molar-refractivity contribution in [3.63, 3.8) is 0 Å². The van der Waals surface area contributed by atoms with Gasteiger partial charge in [-0.25, -0.2) is 9.59 Å². The second-order valence-electron chi connectivity index (χ2n) is 8.88. The molecule has 2 aliphatic heterocycles. The lowest BCUT2D eigenvalue weighted by Gasteiger charge is -2.31. The molecule has 0 amide bonds. The second-order valence-corrected chi connectivity index (χ2v) is 9.66. The number of methoxy groups -OCH3 is 1. The summed E-state index contributed by atoms with van der Waals surface area (Å²) in [4.78, 5) is 35.6. The molecule has 3 rings (SSSR count). The molecule has 0 unspecified atom stereocenters. The fraction of sp³-hybridized carbons (Fsp3) is 0.696. The molecule has 16 heteroatoms. The second kappa shape index (κ2) is 15.4. The van der Waals surface area contributed by atoms with Crippen LogP contribution in [0.3, 0.4) is 0 Å². The lowest BCUT2D eigenvalue weighted by molar-refractivity contribution is -0.193. The highest BCUT2D eigenvalue weighted by Crippen LogP contribution is 2.44. The monoisotopic (exact) mass is 594 g/mol. The number of alkyl halides is 6. The zero-order valence-electron chi connectivity index (χ0n) is 21.4. The molecule has 1 aromatic rings. The molecule has 2 aliphatic rings. The van der Waals surface area contributed by atoms with Crippen LogP contribution in [0.25, 0.3) is 0 Å². The van der Waals surface area contributed by atoms with Crippen molar-refractivity contribution in [3.8, 4) is 0 Å².